The maximum atomic E-state index is 12.3. The molecule has 0 aromatic heterocycles. The van der Waals surface area contributed by atoms with E-state index in [1.165, 1.54) is 35.8 Å². The summed E-state index contributed by atoms with van der Waals surface area (Å²) in [6.45, 7) is -0.0509. The van der Waals surface area contributed by atoms with E-state index >= 15 is 0 Å². The van der Waals surface area contributed by atoms with Gasteiger partial charge in [0, 0.05) is 24.2 Å². The van der Waals surface area contributed by atoms with Crippen LogP contribution in [0.3, 0.4) is 0 Å². The fourth-order valence-corrected chi connectivity index (χ4v) is 3.18. The molecule has 1 aliphatic heterocycles. The standard InChI is InChI=1S/C12H12N2O5S/c15-8-9-1-3-11(4-2-9)20(18,19)14-6-5-10(7-14)12(16)13-17/h1-5,8,17H,6-7H2,(H,13,16). The zero-order valence-corrected chi connectivity index (χ0v) is 11.1. The van der Waals surface area contributed by atoms with Crippen molar-refractivity contribution in [3.63, 3.8) is 0 Å². The second kappa shape index (κ2) is 5.53. The second-order valence-electron chi connectivity index (χ2n) is 4.15. The van der Waals surface area contributed by atoms with Crippen LogP contribution < -0.4 is 5.48 Å². The molecule has 0 unspecified atom stereocenters. The van der Waals surface area contributed by atoms with Gasteiger partial charge in [0.25, 0.3) is 5.91 Å². The number of nitrogens with one attached hydrogen (secondary N) is 1. The van der Waals surface area contributed by atoms with Gasteiger partial charge in [0.15, 0.2) is 0 Å². The van der Waals surface area contributed by atoms with Crippen LogP contribution in [0.1, 0.15) is 10.4 Å². The van der Waals surface area contributed by atoms with Gasteiger partial charge in [-0.05, 0) is 12.1 Å². The fourth-order valence-electron chi connectivity index (χ4n) is 1.82. The number of hydrogen-bond donors (Lipinski definition) is 2. The molecule has 8 heteroatoms. The number of benzene rings is 1. The lowest BCUT2D eigenvalue weighted by Crippen LogP contribution is -2.31. The summed E-state index contributed by atoms with van der Waals surface area (Å²) in [5.41, 5.74) is 2.03. The van der Waals surface area contributed by atoms with Gasteiger partial charge in [-0.25, -0.2) is 13.9 Å². The normalized spacial score (nSPS) is 15.8. The predicted molar refractivity (Wildman–Crippen MR) is 68.6 cm³/mol. The van der Waals surface area contributed by atoms with Crippen molar-refractivity contribution in [2.45, 2.75) is 4.90 Å². The molecular weight excluding hydrogens is 284 g/mol. The van der Waals surface area contributed by atoms with Crippen molar-refractivity contribution in [2.24, 2.45) is 0 Å². The molecule has 1 amide bonds. The van der Waals surface area contributed by atoms with Crippen LogP contribution >= 0.6 is 0 Å². The Labute approximate surface area is 115 Å². The molecular formula is C12H12N2O5S. The van der Waals surface area contributed by atoms with E-state index in [9.17, 15) is 18.0 Å². The Balaban J connectivity index is 2.20. The number of hydroxylamine groups is 1. The molecule has 0 saturated heterocycles. The SMILES string of the molecule is O=Cc1ccc(S(=O)(=O)N2CC=C(C(=O)NO)C2)cc1. The van der Waals surface area contributed by atoms with Gasteiger partial charge in [0.2, 0.25) is 10.0 Å². The number of rotatable bonds is 4. The molecule has 0 fully saturated rings. The number of carbonyl (C=O) groups excluding carboxylic acids is 2. The van der Waals surface area contributed by atoms with Crippen molar-refractivity contribution in [2.75, 3.05) is 13.1 Å². The highest BCUT2D eigenvalue weighted by atomic mass is 32.2. The first kappa shape index (κ1) is 14.4. The summed E-state index contributed by atoms with van der Waals surface area (Å²) < 4.78 is 25.7. The summed E-state index contributed by atoms with van der Waals surface area (Å²) in [7, 11) is -3.73. The summed E-state index contributed by atoms with van der Waals surface area (Å²) in [5.74, 6) is -0.723. The summed E-state index contributed by atoms with van der Waals surface area (Å²) in [5, 5.41) is 8.52. The average Bonchev–Trinajstić information content (AvgIpc) is 2.97. The molecule has 1 aromatic carbocycles. The lowest BCUT2D eigenvalue weighted by atomic mass is 10.2. The van der Waals surface area contributed by atoms with Gasteiger partial charge in [0.1, 0.15) is 6.29 Å². The van der Waals surface area contributed by atoms with Crippen molar-refractivity contribution in [1.29, 1.82) is 0 Å². The van der Waals surface area contributed by atoms with Gasteiger partial charge in [-0.3, -0.25) is 14.8 Å². The third-order valence-electron chi connectivity index (χ3n) is 2.94. The molecule has 106 valence electrons. The van der Waals surface area contributed by atoms with E-state index in [0.29, 0.717) is 11.8 Å². The fraction of sp³-hybridized carbons (Fsp3) is 0.167. The lowest BCUT2D eigenvalue weighted by Gasteiger charge is -2.16. The molecule has 0 bridgehead atoms. The number of amides is 1. The Bertz CT molecular complexity index is 664. The van der Waals surface area contributed by atoms with Gasteiger partial charge >= 0.3 is 0 Å². The Morgan fingerprint density at radius 1 is 1.30 bits per heavy atom. The monoisotopic (exact) mass is 296 g/mol. The first-order chi connectivity index (χ1) is 9.48. The third kappa shape index (κ3) is 2.62. The van der Waals surface area contributed by atoms with Crippen molar-refractivity contribution < 1.29 is 23.2 Å². The van der Waals surface area contributed by atoms with E-state index in [-0.39, 0.29) is 23.6 Å². The average molecular weight is 296 g/mol. The molecule has 1 heterocycles. The highest BCUT2D eigenvalue weighted by Gasteiger charge is 2.30. The van der Waals surface area contributed by atoms with Crippen LogP contribution in [-0.2, 0) is 14.8 Å². The van der Waals surface area contributed by atoms with E-state index in [0.717, 1.165) is 4.31 Å². The van der Waals surface area contributed by atoms with Crippen LogP contribution in [0.15, 0.2) is 40.8 Å². The summed E-state index contributed by atoms with van der Waals surface area (Å²) in [6.07, 6.45) is 2.06. The Morgan fingerprint density at radius 3 is 2.50 bits per heavy atom. The first-order valence-electron chi connectivity index (χ1n) is 5.68. The lowest BCUT2D eigenvalue weighted by molar-refractivity contribution is -0.125. The Morgan fingerprint density at radius 2 is 1.95 bits per heavy atom. The zero-order chi connectivity index (χ0) is 14.8. The highest BCUT2D eigenvalue weighted by Crippen LogP contribution is 2.21. The van der Waals surface area contributed by atoms with Crippen LogP contribution in [0.4, 0.5) is 0 Å². The van der Waals surface area contributed by atoms with Gasteiger partial charge in [-0.1, -0.05) is 18.2 Å². The highest BCUT2D eigenvalue weighted by molar-refractivity contribution is 7.89. The number of nitrogens with zero attached hydrogens (tertiary/aromatic N) is 1. The van der Waals surface area contributed by atoms with Crippen LogP contribution in [-0.4, -0.2) is 43.2 Å². The summed E-state index contributed by atoms with van der Waals surface area (Å²) >= 11 is 0. The molecule has 7 nitrogen and oxygen atoms in total. The second-order valence-corrected chi connectivity index (χ2v) is 6.09. The largest absolute Gasteiger partial charge is 0.298 e. The number of aldehydes is 1. The van der Waals surface area contributed by atoms with E-state index < -0.39 is 15.9 Å². The smallest absolute Gasteiger partial charge is 0.271 e. The topological polar surface area (TPSA) is 104 Å². The molecule has 1 aliphatic rings. The molecule has 0 saturated carbocycles. The molecule has 1 aromatic rings. The number of carbonyl (C=O) groups is 2. The van der Waals surface area contributed by atoms with Crippen LogP contribution in [0.2, 0.25) is 0 Å². The minimum absolute atomic E-state index is 0.0437. The van der Waals surface area contributed by atoms with Crippen molar-refractivity contribution in [3.05, 3.63) is 41.5 Å². The maximum absolute atomic E-state index is 12.3. The van der Waals surface area contributed by atoms with Crippen LogP contribution in [0, 0.1) is 0 Å². The first-order valence-corrected chi connectivity index (χ1v) is 7.12. The van der Waals surface area contributed by atoms with Crippen molar-refractivity contribution in [1.82, 2.24) is 9.79 Å². The van der Waals surface area contributed by atoms with Gasteiger partial charge in [-0.2, -0.15) is 4.31 Å². The quantitative estimate of drug-likeness (QED) is 0.460. The van der Waals surface area contributed by atoms with E-state index in [1.54, 1.807) is 0 Å². The zero-order valence-electron chi connectivity index (χ0n) is 10.3. The van der Waals surface area contributed by atoms with E-state index in [2.05, 4.69) is 0 Å². The van der Waals surface area contributed by atoms with Gasteiger partial charge in [-0.15, -0.1) is 0 Å². The molecule has 0 atom stereocenters. The minimum atomic E-state index is -3.73. The third-order valence-corrected chi connectivity index (χ3v) is 4.76. The van der Waals surface area contributed by atoms with Gasteiger partial charge in [0.05, 0.1) is 4.90 Å². The van der Waals surface area contributed by atoms with Gasteiger partial charge < -0.3 is 0 Å². The molecule has 2 rings (SSSR count). The summed E-state index contributed by atoms with van der Waals surface area (Å²) in [6, 6.07) is 5.49. The van der Waals surface area contributed by atoms with Crippen molar-refractivity contribution in [3.8, 4) is 0 Å². The predicted octanol–water partition coefficient (Wildman–Crippen LogP) is -0.0648. The molecule has 0 radical (unpaired) electrons. The molecule has 0 aliphatic carbocycles. The van der Waals surface area contributed by atoms with Crippen molar-refractivity contribution >= 4 is 22.2 Å². The van der Waals surface area contributed by atoms with E-state index in [4.69, 9.17) is 5.21 Å². The Kier molecular flexibility index (Phi) is 3.98. The number of hydrogen-bond acceptors (Lipinski definition) is 5. The van der Waals surface area contributed by atoms with Crippen LogP contribution in [0.5, 0.6) is 0 Å². The maximum Gasteiger partial charge on any atom is 0.271 e. The Hall–Kier alpha value is -2.03. The van der Waals surface area contributed by atoms with Crippen LogP contribution in [0.25, 0.3) is 0 Å². The minimum Gasteiger partial charge on any atom is -0.298 e. The van der Waals surface area contributed by atoms with E-state index in [1.807, 2.05) is 0 Å². The molecule has 20 heavy (non-hydrogen) atoms. The molecule has 0 spiro atoms. The number of sulfonamides is 1. The summed E-state index contributed by atoms with van der Waals surface area (Å²) in [4.78, 5) is 21.8. The molecule has 2 N–H and O–H groups in total.